The van der Waals surface area contributed by atoms with Crippen LogP contribution in [0, 0.1) is 0 Å². The zero-order valence-electron chi connectivity index (χ0n) is 15.2. The average molecular weight is 400 g/mol. The highest BCUT2D eigenvalue weighted by Crippen LogP contribution is 2.41. The molecule has 0 aliphatic heterocycles. The van der Waals surface area contributed by atoms with Crippen LogP contribution in [0.2, 0.25) is 0 Å². The maximum Gasteiger partial charge on any atom is 0.433 e. The number of halogens is 3. The maximum atomic E-state index is 13.5. The predicted molar refractivity (Wildman–Crippen MR) is 98.6 cm³/mol. The summed E-state index contributed by atoms with van der Waals surface area (Å²) in [5, 5.41) is 6.43. The second-order valence-electron chi connectivity index (χ2n) is 7.07. The molecule has 1 aliphatic rings. The molecule has 1 N–H and O–H groups in total. The summed E-state index contributed by atoms with van der Waals surface area (Å²) in [7, 11) is 1.74. The third kappa shape index (κ3) is 2.91. The summed E-state index contributed by atoms with van der Waals surface area (Å²) in [6.45, 7) is 0. The van der Waals surface area contributed by atoms with E-state index in [-0.39, 0.29) is 23.1 Å². The van der Waals surface area contributed by atoms with Gasteiger partial charge in [0.25, 0.3) is 5.91 Å². The summed E-state index contributed by atoms with van der Waals surface area (Å²) in [6, 6.07) is 8.35. The number of anilines is 1. The number of alkyl halides is 3. The van der Waals surface area contributed by atoms with E-state index < -0.39 is 17.8 Å². The zero-order valence-corrected chi connectivity index (χ0v) is 15.2. The van der Waals surface area contributed by atoms with Crippen LogP contribution in [0.4, 0.5) is 19.1 Å². The fourth-order valence-corrected chi connectivity index (χ4v) is 3.36. The number of hydrogen-bond acceptors (Lipinski definition) is 4. The minimum atomic E-state index is -4.61. The molecule has 1 aromatic carbocycles. The van der Waals surface area contributed by atoms with Crippen molar-refractivity contribution in [2.24, 2.45) is 7.05 Å². The van der Waals surface area contributed by atoms with Crippen LogP contribution in [0.15, 0.2) is 36.5 Å². The summed E-state index contributed by atoms with van der Waals surface area (Å²) in [5.41, 5.74) is 0.756. The Balaban J connectivity index is 1.58. The summed E-state index contributed by atoms with van der Waals surface area (Å²) in [5.74, 6) is -0.344. The normalized spacial score (nSPS) is 14.6. The first-order valence-corrected chi connectivity index (χ1v) is 9.01. The summed E-state index contributed by atoms with van der Waals surface area (Å²) >= 11 is 0. The van der Waals surface area contributed by atoms with Crippen LogP contribution >= 0.6 is 0 Å². The van der Waals surface area contributed by atoms with E-state index in [2.05, 4.69) is 20.4 Å². The molecule has 1 fully saturated rings. The number of benzene rings is 1. The van der Waals surface area contributed by atoms with Crippen LogP contribution in [0.1, 0.15) is 40.5 Å². The van der Waals surface area contributed by atoms with Crippen molar-refractivity contribution >= 4 is 28.5 Å². The van der Waals surface area contributed by atoms with E-state index in [1.54, 1.807) is 17.7 Å². The molecule has 0 saturated heterocycles. The minimum absolute atomic E-state index is 0.00764. The number of hydrogen-bond donors (Lipinski definition) is 1. The van der Waals surface area contributed by atoms with Gasteiger partial charge in [0, 0.05) is 18.7 Å². The molecule has 0 unspecified atom stereocenters. The standard InChI is InChI=1S/C19H15F3N6O/c1-27-14-5-3-2-4-12(14)25-18(27)26-17(29)11-9-23-28-15(19(20,21)22)8-13(10-6-7-10)24-16(11)28/h2-5,8-10H,6-7H2,1H3,(H,25,26,29). The number of fused-ring (bicyclic) bond motifs is 2. The molecule has 0 spiro atoms. The van der Waals surface area contributed by atoms with Crippen LogP contribution in [-0.2, 0) is 13.2 Å². The van der Waals surface area contributed by atoms with E-state index in [4.69, 9.17) is 0 Å². The van der Waals surface area contributed by atoms with Gasteiger partial charge in [-0.2, -0.15) is 18.3 Å². The van der Waals surface area contributed by atoms with Crippen molar-refractivity contribution in [2.45, 2.75) is 24.9 Å². The first-order valence-electron chi connectivity index (χ1n) is 9.01. The first-order chi connectivity index (χ1) is 13.8. The Morgan fingerprint density at radius 3 is 2.66 bits per heavy atom. The van der Waals surface area contributed by atoms with Crippen molar-refractivity contribution in [3.05, 3.63) is 53.5 Å². The van der Waals surface area contributed by atoms with Crippen molar-refractivity contribution in [3.63, 3.8) is 0 Å². The Hall–Kier alpha value is -3.43. The monoisotopic (exact) mass is 400 g/mol. The lowest BCUT2D eigenvalue weighted by molar-refractivity contribution is -0.142. The fraction of sp³-hybridized carbons (Fsp3) is 0.263. The number of aromatic nitrogens is 5. The number of imidazole rings is 1. The molecule has 1 aliphatic carbocycles. The SMILES string of the molecule is Cn1c(NC(=O)c2cnn3c(C(F)(F)F)cc(C4CC4)nc23)nc2ccccc21. The molecular weight excluding hydrogens is 385 g/mol. The van der Waals surface area contributed by atoms with E-state index in [1.165, 1.54) is 0 Å². The molecule has 1 saturated carbocycles. The third-order valence-electron chi connectivity index (χ3n) is 5.03. The highest BCUT2D eigenvalue weighted by molar-refractivity contribution is 6.08. The van der Waals surface area contributed by atoms with Crippen LogP contribution < -0.4 is 5.32 Å². The van der Waals surface area contributed by atoms with Gasteiger partial charge in [-0.3, -0.25) is 10.1 Å². The molecule has 0 atom stereocenters. The highest BCUT2D eigenvalue weighted by Gasteiger charge is 2.38. The van der Waals surface area contributed by atoms with Gasteiger partial charge >= 0.3 is 6.18 Å². The molecule has 4 aromatic rings. The van der Waals surface area contributed by atoms with Gasteiger partial charge in [-0.15, -0.1) is 0 Å². The van der Waals surface area contributed by atoms with Gasteiger partial charge in [-0.1, -0.05) is 12.1 Å². The van der Waals surface area contributed by atoms with Gasteiger partial charge in [-0.25, -0.2) is 14.5 Å². The fourth-order valence-electron chi connectivity index (χ4n) is 3.36. The number of nitrogens with one attached hydrogen (secondary N) is 1. The number of carbonyl (C=O) groups is 1. The van der Waals surface area contributed by atoms with Gasteiger partial charge in [0.1, 0.15) is 11.3 Å². The Labute approximate surface area is 162 Å². The van der Waals surface area contributed by atoms with Gasteiger partial charge in [0.05, 0.1) is 17.2 Å². The van der Waals surface area contributed by atoms with Gasteiger partial charge in [0.15, 0.2) is 5.65 Å². The molecule has 10 heteroatoms. The Bertz CT molecular complexity index is 1270. The second kappa shape index (κ2) is 6.03. The molecule has 1 amide bonds. The molecule has 3 aromatic heterocycles. The summed E-state index contributed by atoms with van der Waals surface area (Å²) < 4.78 is 42.9. The number of amides is 1. The lowest BCUT2D eigenvalue weighted by Gasteiger charge is -2.11. The van der Waals surface area contributed by atoms with Crippen molar-refractivity contribution in [1.82, 2.24) is 24.1 Å². The van der Waals surface area contributed by atoms with Crippen LogP contribution in [-0.4, -0.2) is 30.1 Å². The third-order valence-corrected chi connectivity index (χ3v) is 5.03. The number of rotatable bonds is 3. The second-order valence-corrected chi connectivity index (χ2v) is 7.07. The predicted octanol–water partition coefficient (Wildman–Crippen LogP) is 3.76. The van der Waals surface area contributed by atoms with Crippen molar-refractivity contribution in [1.29, 1.82) is 0 Å². The first kappa shape index (κ1) is 17.7. The molecule has 29 heavy (non-hydrogen) atoms. The highest BCUT2D eigenvalue weighted by atomic mass is 19.4. The molecule has 0 bridgehead atoms. The van der Waals surface area contributed by atoms with Gasteiger partial charge in [0.2, 0.25) is 5.95 Å². The summed E-state index contributed by atoms with van der Waals surface area (Å²) in [4.78, 5) is 21.5. The number of aryl methyl sites for hydroxylation is 1. The zero-order chi connectivity index (χ0) is 20.3. The van der Waals surface area contributed by atoms with E-state index in [0.29, 0.717) is 15.7 Å². The Kier molecular flexibility index (Phi) is 3.67. The summed E-state index contributed by atoms with van der Waals surface area (Å²) in [6.07, 6.45) is -1.93. The van der Waals surface area contributed by atoms with Crippen molar-refractivity contribution < 1.29 is 18.0 Å². The Morgan fingerprint density at radius 1 is 1.21 bits per heavy atom. The smallest absolute Gasteiger partial charge is 0.313 e. The lowest BCUT2D eigenvalue weighted by Crippen LogP contribution is -2.17. The van der Waals surface area contributed by atoms with Crippen LogP contribution in [0.5, 0.6) is 0 Å². The van der Waals surface area contributed by atoms with E-state index >= 15 is 0 Å². The molecule has 148 valence electrons. The molecule has 3 heterocycles. The lowest BCUT2D eigenvalue weighted by atomic mass is 10.2. The van der Waals surface area contributed by atoms with Crippen molar-refractivity contribution in [2.75, 3.05) is 5.32 Å². The van der Waals surface area contributed by atoms with Crippen molar-refractivity contribution in [3.8, 4) is 0 Å². The van der Waals surface area contributed by atoms with Crippen LogP contribution in [0.3, 0.4) is 0 Å². The van der Waals surface area contributed by atoms with Gasteiger partial charge in [-0.05, 0) is 31.0 Å². The van der Waals surface area contributed by atoms with Crippen LogP contribution in [0.25, 0.3) is 16.7 Å². The topological polar surface area (TPSA) is 77.1 Å². The van der Waals surface area contributed by atoms with E-state index in [1.807, 2.05) is 18.2 Å². The molecule has 0 radical (unpaired) electrons. The maximum absolute atomic E-state index is 13.5. The number of para-hydroxylation sites is 2. The number of carbonyl (C=O) groups excluding carboxylic acids is 1. The molecule has 7 nitrogen and oxygen atoms in total. The average Bonchev–Trinajstić information content (AvgIpc) is 3.37. The quantitative estimate of drug-likeness (QED) is 0.568. The minimum Gasteiger partial charge on any atom is -0.313 e. The number of nitrogens with zero attached hydrogens (tertiary/aromatic N) is 5. The van der Waals surface area contributed by atoms with E-state index in [9.17, 15) is 18.0 Å². The molecular formula is C19H15F3N6O. The van der Waals surface area contributed by atoms with Gasteiger partial charge < -0.3 is 4.57 Å². The largest absolute Gasteiger partial charge is 0.433 e. The Morgan fingerprint density at radius 2 is 1.97 bits per heavy atom. The molecule has 5 rings (SSSR count). The van der Waals surface area contributed by atoms with E-state index in [0.717, 1.165) is 30.6 Å².